The largest absolute Gasteiger partial charge is 0.416 e. The van der Waals surface area contributed by atoms with Crippen molar-refractivity contribution < 1.29 is 23.0 Å². The summed E-state index contributed by atoms with van der Waals surface area (Å²) in [5, 5.41) is 12.4. The monoisotopic (exact) mass is 312 g/mol. The Morgan fingerprint density at radius 1 is 1.40 bits per heavy atom. The van der Waals surface area contributed by atoms with Crippen LogP contribution in [0.15, 0.2) is 12.1 Å². The summed E-state index contributed by atoms with van der Waals surface area (Å²) in [5.74, 6) is -0.0393. The van der Waals surface area contributed by atoms with Crippen molar-refractivity contribution in [2.75, 3.05) is 25.6 Å². The Hall–Kier alpha value is -1.05. The van der Waals surface area contributed by atoms with Gasteiger partial charge >= 0.3 is 6.18 Å². The summed E-state index contributed by atoms with van der Waals surface area (Å²) in [7, 11) is 1.50. The zero-order valence-electron chi connectivity index (χ0n) is 11.1. The van der Waals surface area contributed by atoms with Crippen LogP contribution >= 0.6 is 11.6 Å². The Balaban J connectivity index is 2.76. The van der Waals surface area contributed by atoms with Crippen molar-refractivity contribution >= 4 is 17.4 Å². The standard InChI is InChI=1S/C12H16ClF3N2O2/c1-11(19,3-4-20-2)7-17-10-6-8(12(14,15)16)5-9(13)18-10/h5-6,19H,3-4,7H2,1-2H3,(H,17,18). The van der Waals surface area contributed by atoms with Crippen LogP contribution in [0.25, 0.3) is 0 Å². The van der Waals surface area contributed by atoms with Crippen LogP contribution in [-0.2, 0) is 10.9 Å². The maximum Gasteiger partial charge on any atom is 0.416 e. The minimum Gasteiger partial charge on any atom is -0.388 e. The third-order valence-corrected chi connectivity index (χ3v) is 2.81. The minimum absolute atomic E-state index is 0.0288. The molecule has 114 valence electrons. The topological polar surface area (TPSA) is 54.4 Å². The maximum atomic E-state index is 12.6. The van der Waals surface area contributed by atoms with E-state index in [4.69, 9.17) is 16.3 Å². The average molecular weight is 313 g/mol. The Bertz CT molecular complexity index is 453. The van der Waals surface area contributed by atoms with Gasteiger partial charge in [0.1, 0.15) is 11.0 Å². The van der Waals surface area contributed by atoms with Crippen LogP contribution in [0.3, 0.4) is 0 Å². The van der Waals surface area contributed by atoms with Gasteiger partial charge in [-0.2, -0.15) is 13.2 Å². The summed E-state index contributed by atoms with van der Waals surface area (Å²) in [5.41, 5.74) is -2.02. The molecule has 0 amide bonds. The molecule has 1 aromatic heterocycles. The van der Waals surface area contributed by atoms with Crippen molar-refractivity contribution in [1.82, 2.24) is 4.98 Å². The van der Waals surface area contributed by atoms with Crippen LogP contribution in [0.1, 0.15) is 18.9 Å². The van der Waals surface area contributed by atoms with Gasteiger partial charge in [0.25, 0.3) is 0 Å². The van der Waals surface area contributed by atoms with Gasteiger partial charge in [0.15, 0.2) is 0 Å². The van der Waals surface area contributed by atoms with Crippen LogP contribution in [0, 0.1) is 0 Å². The molecule has 0 bridgehead atoms. The molecule has 1 heterocycles. The summed E-state index contributed by atoms with van der Waals surface area (Å²) in [6.45, 7) is 1.92. The molecule has 0 aromatic carbocycles. The first kappa shape index (κ1) is 17.0. The molecule has 0 saturated heterocycles. The van der Waals surface area contributed by atoms with Gasteiger partial charge in [-0.15, -0.1) is 0 Å². The molecule has 0 spiro atoms. The molecule has 1 aromatic rings. The van der Waals surface area contributed by atoms with Gasteiger partial charge in [0.05, 0.1) is 11.2 Å². The normalized spacial score (nSPS) is 14.9. The molecule has 2 N–H and O–H groups in total. The predicted molar refractivity (Wildman–Crippen MR) is 69.9 cm³/mol. The molecule has 20 heavy (non-hydrogen) atoms. The number of alkyl halides is 3. The molecule has 0 fully saturated rings. The first-order chi connectivity index (χ1) is 9.14. The molecule has 0 radical (unpaired) electrons. The second-order valence-electron chi connectivity index (χ2n) is 4.65. The summed E-state index contributed by atoms with van der Waals surface area (Å²) in [6.07, 6.45) is -4.16. The fraction of sp³-hybridized carbons (Fsp3) is 0.583. The molecule has 1 rings (SSSR count). The van der Waals surface area contributed by atoms with Crippen LogP contribution < -0.4 is 5.32 Å². The zero-order chi connectivity index (χ0) is 15.4. The second kappa shape index (κ2) is 6.60. The lowest BCUT2D eigenvalue weighted by Gasteiger charge is -2.23. The number of aromatic nitrogens is 1. The number of rotatable bonds is 6. The van der Waals surface area contributed by atoms with Gasteiger partial charge in [0.2, 0.25) is 0 Å². The van der Waals surface area contributed by atoms with Gasteiger partial charge < -0.3 is 15.2 Å². The fourth-order valence-corrected chi connectivity index (χ4v) is 1.65. The van der Waals surface area contributed by atoms with E-state index in [1.807, 2.05) is 0 Å². The van der Waals surface area contributed by atoms with Crippen molar-refractivity contribution in [3.8, 4) is 0 Å². The van der Waals surface area contributed by atoms with Crippen molar-refractivity contribution in [3.05, 3.63) is 22.8 Å². The Morgan fingerprint density at radius 2 is 2.05 bits per heavy atom. The van der Waals surface area contributed by atoms with E-state index >= 15 is 0 Å². The van der Waals surface area contributed by atoms with Crippen LogP contribution in [0.2, 0.25) is 5.15 Å². The quantitative estimate of drug-likeness (QED) is 0.793. The first-order valence-corrected chi connectivity index (χ1v) is 6.22. The van der Waals surface area contributed by atoms with Crippen molar-refractivity contribution in [2.45, 2.75) is 25.1 Å². The minimum atomic E-state index is -4.50. The molecule has 0 aliphatic heterocycles. The first-order valence-electron chi connectivity index (χ1n) is 5.84. The number of hydrogen-bond donors (Lipinski definition) is 2. The molecule has 1 atom stereocenters. The lowest BCUT2D eigenvalue weighted by atomic mass is 10.0. The Labute approximate surface area is 119 Å². The van der Waals surface area contributed by atoms with E-state index in [1.54, 1.807) is 6.92 Å². The van der Waals surface area contributed by atoms with E-state index in [0.29, 0.717) is 13.0 Å². The van der Waals surface area contributed by atoms with Gasteiger partial charge in [-0.1, -0.05) is 11.6 Å². The summed E-state index contributed by atoms with van der Waals surface area (Å²) in [6, 6.07) is 1.59. The second-order valence-corrected chi connectivity index (χ2v) is 5.04. The van der Waals surface area contributed by atoms with Gasteiger partial charge in [-0.25, -0.2) is 4.98 Å². The summed E-state index contributed by atoms with van der Waals surface area (Å²) < 4.78 is 42.7. The molecule has 1 unspecified atom stereocenters. The van der Waals surface area contributed by atoms with Crippen LogP contribution in [0.4, 0.5) is 19.0 Å². The number of pyridine rings is 1. The highest BCUT2D eigenvalue weighted by Crippen LogP contribution is 2.32. The Kier molecular flexibility index (Phi) is 5.61. The number of anilines is 1. The number of methoxy groups -OCH3 is 1. The van der Waals surface area contributed by atoms with Crippen LogP contribution in [0.5, 0.6) is 0 Å². The highest BCUT2D eigenvalue weighted by molar-refractivity contribution is 6.29. The number of aliphatic hydroxyl groups is 1. The number of ether oxygens (including phenoxy) is 1. The molecule has 0 saturated carbocycles. The fourth-order valence-electron chi connectivity index (χ4n) is 1.44. The van der Waals surface area contributed by atoms with Crippen molar-refractivity contribution in [2.24, 2.45) is 0 Å². The van der Waals surface area contributed by atoms with E-state index in [0.717, 1.165) is 12.1 Å². The third-order valence-electron chi connectivity index (χ3n) is 2.62. The van der Waals surface area contributed by atoms with E-state index in [-0.39, 0.29) is 17.5 Å². The smallest absolute Gasteiger partial charge is 0.388 e. The van der Waals surface area contributed by atoms with Gasteiger partial charge in [0, 0.05) is 26.7 Å². The molecule has 4 nitrogen and oxygen atoms in total. The third kappa shape index (κ3) is 5.52. The summed E-state index contributed by atoms with van der Waals surface area (Å²) in [4.78, 5) is 3.74. The highest BCUT2D eigenvalue weighted by Gasteiger charge is 2.31. The molecule has 8 heteroatoms. The highest BCUT2D eigenvalue weighted by atomic mass is 35.5. The zero-order valence-corrected chi connectivity index (χ0v) is 11.8. The van der Waals surface area contributed by atoms with Gasteiger partial charge in [-0.3, -0.25) is 0 Å². The van der Waals surface area contributed by atoms with Crippen molar-refractivity contribution in [3.63, 3.8) is 0 Å². The number of halogens is 4. The Morgan fingerprint density at radius 3 is 2.60 bits per heavy atom. The number of nitrogens with zero attached hydrogens (tertiary/aromatic N) is 1. The lowest BCUT2D eigenvalue weighted by Crippen LogP contribution is -2.34. The predicted octanol–water partition coefficient (Wildman–Crippen LogP) is 2.95. The number of nitrogens with one attached hydrogen (secondary N) is 1. The summed E-state index contributed by atoms with van der Waals surface area (Å²) >= 11 is 5.56. The SMILES string of the molecule is COCCC(C)(O)CNc1cc(C(F)(F)F)cc(Cl)n1. The molecule has 0 aliphatic carbocycles. The molecular weight excluding hydrogens is 297 g/mol. The molecule has 0 aliphatic rings. The number of hydrogen-bond acceptors (Lipinski definition) is 4. The lowest BCUT2D eigenvalue weighted by molar-refractivity contribution is -0.137. The average Bonchev–Trinajstić information content (AvgIpc) is 2.32. The van der Waals surface area contributed by atoms with Crippen LogP contribution in [-0.4, -0.2) is 36.0 Å². The van der Waals surface area contributed by atoms with E-state index in [9.17, 15) is 18.3 Å². The van der Waals surface area contributed by atoms with Gasteiger partial charge in [-0.05, 0) is 19.1 Å². The van der Waals surface area contributed by atoms with Crippen molar-refractivity contribution in [1.29, 1.82) is 0 Å². The van der Waals surface area contributed by atoms with E-state index in [2.05, 4.69) is 10.3 Å². The van der Waals surface area contributed by atoms with E-state index < -0.39 is 17.3 Å². The van der Waals surface area contributed by atoms with E-state index in [1.165, 1.54) is 7.11 Å². The maximum absolute atomic E-state index is 12.6. The molecular formula is C12H16ClF3N2O2.